The van der Waals surface area contributed by atoms with Gasteiger partial charge >= 0.3 is 0 Å². The smallest absolute Gasteiger partial charge is 0.132 e. The molecule has 0 aliphatic carbocycles. The predicted molar refractivity (Wildman–Crippen MR) is 66.6 cm³/mol. The topological polar surface area (TPSA) is 24.9 Å². The van der Waals surface area contributed by atoms with E-state index < -0.39 is 0 Å². The Kier molecular flexibility index (Phi) is 3.41. The van der Waals surface area contributed by atoms with Gasteiger partial charge < -0.3 is 5.32 Å². The molecule has 0 saturated heterocycles. The Morgan fingerprint density at radius 2 is 2.06 bits per heavy atom. The molecule has 2 rings (SSSR count). The first-order chi connectivity index (χ1) is 7.65. The Morgan fingerprint density at radius 3 is 2.81 bits per heavy atom. The highest BCUT2D eigenvalue weighted by atomic mass is 79.9. The number of aromatic nitrogens is 1. The second kappa shape index (κ2) is 4.80. The number of hydrogen-bond acceptors (Lipinski definition) is 2. The van der Waals surface area contributed by atoms with Crippen molar-refractivity contribution in [3.8, 4) is 0 Å². The van der Waals surface area contributed by atoms with Crippen LogP contribution in [-0.4, -0.2) is 4.98 Å². The first-order valence-electron chi connectivity index (χ1n) is 4.50. The third kappa shape index (κ3) is 2.71. The number of anilines is 2. The average Bonchev–Trinajstić information content (AvgIpc) is 2.24. The molecule has 0 amide bonds. The van der Waals surface area contributed by atoms with Crippen molar-refractivity contribution in [2.75, 3.05) is 5.32 Å². The monoisotopic (exact) mass is 300 g/mol. The third-order valence-electron chi connectivity index (χ3n) is 1.91. The van der Waals surface area contributed by atoms with Crippen molar-refractivity contribution in [1.82, 2.24) is 4.98 Å². The molecular formula is C11H7BrClFN2. The van der Waals surface area contributed by atoms with Crippen LogP contribution in [0.3, 0.4) is 0 Å². The van der Waals surface area contributed by atoms with E-state index in [1.165, 1.54) is 12.1 Å². The van der Waals surface area contributed by atoms with Gasteiger partial charge in [0.05, 0.1) is 5.69 Å². The zero-order valence-electron chi connectivity index (χ0n) is 8.05. The van der Waals surface area contributed by atoms with Gasteiger partial charge in [-0.25, -0.2) is 9.37 Å². The van der Waals surface area contributed by atoms with E-state index >= 15 is 0 Å². The van der Waals surface area contributed by atoms with Crippen LogP contribution in [0.25, 0.3) is 0 Å². The summed E-state index contributed by atoms with van der Waals surface area (Å²) in [6.45, 7) is 0. The van der Waals surface area contributed by atoms with E-state index in [0.717, 1.165) is 4.47 Å². The molecule has 2 nitrogen and oxygen atoms in total. The maximum Gasteiger partial charge on any atom is 0.132 e. The quantitative estimate of drug-likeness (QED) is 0.833. The van der Waals surface area contributed by atoms with Crippen LogP contribution in [0.4, 0.5) is 15.9 Å². The molecule has 0 aliphatic rings. The molecule has 1 N–H and O–H groups in total. The molecule has 0 bridgehead atoms. The van der Waals surface area contributed by atoms with Gasteiger partial charge in [-0.05, 0) is 46.3 Å². The van der Waals surface area contributed by atoms with Gasteiger partial charge in [-0.3, -0.25) is 0 Å². The van der Waals surface area contributed by atoms with Crippen LogP contribution in [0.1, 0.15) is 0 Å². The van der Waals surface area contributed by atoms with Crippen LogP contribution in [0.15, 0.2) is 40.9 Å². The SMILES string of the molecule is Fc1ccc(Br)c(Nc2cccc(Cl)n2)c1. The molecule has 0 atom stereocenters. The van der Waals surface area contributed by atoms with E-state index in [-0.39, 0.29) is 5.82 Å². The highest BCUT2D eigenvalue weighted by Crippen LogP contribution is 2.26. The lowest BCUT2D eigenvalue weighted by Crippen LogP contribution is -1.94. The van der Waals surface area contributed by atoms with Gasteiger partial charge in [-0.2, -0.15) is 0 Å². The zero-order valence-corrected chi connectivity index (χ0v) is 10.4. The highest BCUT2D eigenvalue weighted by Gasteiger charge is 2.03. The Hall–Kier alpha value is -1.13. The van der Waals surface area contributed by atoms with Crippen LogP contribution in [0.5, 0.6) is 0 Å². The molecular weight excluding hydrogens is 294 g/mol. The van der Waals surface area contributed by atoms with E-state index in [4.69, 9.17) is 11.6 Å². The van der Waals surface area contributed by atoms with Gasteiger partial charge in [0.1, 0.15) is 16.8 Å². The summed E-state index contributed by atoms with van der Waals surface area (Å²) in [6.07, 6.45) is 0. The van der Waals surface area contributed by atoms with Crippen LogP contribution < -0.4 is 5.32 Å². The summed E-state index contributed by atoms with van der Waals surface area (Å²) in [5.74, 6) is 0.256. The molecule has 0 saturated carbocycles. The molecule has 0 aliphatic heterocycles. The number of hydrogen-bond donors (Lipinski definition) is 1. The fraction of sp³-hybridized carbons (Fsp3) is 0. The molecule has 16 heavy (non-hydrogen) atoms. The Labute approximate surface area is 106 Å². The van der Waals surface area contributed by atoms with Gasteiger partial charge in [0, 0.05) is 4.47 Å². The van der Waals surface area contributed by atoms with Gasteiger partial charge in [0.2, 0.25) is 0 Å². The molecule has 5 heteroatoms. The average molecular weight is 302 g/mol. The third-order valence-corrected chi connectivity index (χ3v) is 2.81. The molecule has 1 aromatic heterocycles. The summed E-state index contributed by atoms with van der Waals surface area (Å²) in [7, 11) is 0. The Morgan fingerprint density at radius 1 is 1.25 bits per heavy atom. The lowest BCUT2D eigenvalue weighted by atomic mass is 10.3. The molecule has 0 spiro atoms. The normalized spacial score (nSPS) is 10.2. The fourth-order valence-corrected chi connectivity index (χ4v) is 1.72. The maximum absolute atomic E-state index is 13.0. The van der Waals surface area contributed by atoms with Crippen LogP contribution in [-0.2, 0) is 0 Å². The van der Waals surface area contributed by atoms with Crippen LogP contribution in [0.2, 0.25) is 5.15 Å². The highest BCUT2D eigenvalue weighted by molar-refractivity contribution is 9.10. The van der Waals surface area contributed by atoms with Gasteiger partial charge in [0.25, 0.3) is 0 Å². The van der Waals surface area contributed by atoms with E-state index in [2.05, 4.69) is 26.2 Å². The molecule has 0 radical (unpaired) electrons. The maximum atomic E-state index is 13.0. The minimum absolute atomic E-state index is 0.312. The predicted octanol–water partition coefficient (Wildman–Crippen LogP) is 4.38. The number of nitrogens with zero attached hydrogens (tertiary/aromatic N) is 1. The lowest BCUT2D eigenvalue weighted by molar-refractivity contribution is 0.628. The van der Waals surface area contributed by atoms with E-state index in [1.54, 1.807) is 24.3 Å². The summed E-state index contributed by atoms with van der Waals surface area (Å²) in [5, 5.41) is 3.36. The summed E-state index contributed by atoms with van der Waals surface area (Å²) >= 11 is 9.06. The standard InChI is InChI=1S/C11H7BrClFN2/c12-8-5-4-7(14)6-9(8)15-11-3-1-2-10(13)16-11/h1-6H,(H,15,16). The lowest BCUT2D eigenvalue weighted by Gasteiger charge is -2.07. The van der Waals surface area contributed by atoms with Crippen LogP contribution in [0, 0.1) is 5.82 Å². The molecule has 1 heterocycles. The molecule has 0 fully saturated rings. The number of rotatable bonds is 2. The number of benzene rings is 1. The number of nitrogens with one attached hydrogen (secondary N) is 1. The number of pyridine rings is 1. The first kappa shape index (κ1) is 11.4. The molecule has 1 aromatic carbocycles. The van der Waals surface area contributed by atoms with Crippen molar-refractivity contribution < 1.29 is 4.39 Å². The van der Waals surface area contributed by atoms with Crippen molar-refractivity contribution in [1.29, 1.82) is 0 Å². The summed E-state index contributed by atoms with van der Waals surface area (Å²) in [4.78, 5) is 4.05. The van der Waals surface area contributed by atoms with Crippen molar-refractivity contribution in [2.24, 2.45) is 0 Å². The Bertz CT molecular complexity index is 519. The second-order valence-corrected chi connectivity index (χ2v) is 4.34. The van der Waals surface area contributed by atoms with Crippen LogP contribution >= 0.6 is 27.5 Å². The van der Waals surface area contributed by atoms with Crippen molar-refractivity contribution in [3.05, 3.63) is 51.8 Å². The minimum Gasteiger partial charge on any atom is -0.339 e. The summed E-state index contributed by atoms with van der Waals surface area (Å²) in [5.41, 5.74) is 0.606. The molecule has 0 unspecified atom stereocenters. The van der Waals surface area contributed by atoms with E-state index in [1.807, 2.05) is 0 Å². The number of halogens is 3. The summed E-state index contributed by atoms with van der Waals surface area (Å²) in [6, 6.07) is 9.58. The molecule has 2 aromatic rings. The largest absolute Gasteiger partial charge is 0.339 e. The van der Waals surface area contributed by atoms with Crippen molar-refractivity contribution in [2.45, 2.75) is 0 Å². The van der Waals surface area contributed by atoms with Gasteiger partial charge in [-0.1, -0.05) is 17.7 Å². The molecule has 82 valence electrons. The Balaban J connectivity index is 2.30. The van der Waals surface area contributed by atoms with Gasteiger partial charge in [-0.15, -0.1) is 0 Å². The second-order valence-electron chi connectivity index (χ2n) is 3.09. The van der Waals surface area contributed by atoms with E-state index in [0.29, 0.717) is 16.7 Å². The van der Waals surface area contributed by atoms with Gasteiger partial charge in [0.15, 0.2) is 0 Å². The fourth-order valence-electron chi connectivity index (χ4n) is 1.21. The van der Waals surface area contributed by atoms with Crippen molar-refractivity contribution in [3.63, 3.8) is 0 Å². The van der Waals surface area contributed by atoms with E-state index in [9.17, 15) is 4.39 Å². The first-order valence-corrected chi connectivity index (χ1v) is 5.67. The minimum atomic E-state index is -0.312. The zero-order chi connectivity index (χ0) is 11.5. The van der Waals surface area contributed by atoms with Crippen molar-refractivity contribution >= 4 is 39.0 Å². The summed E-state index contributed by atoms with van der Waals surface area (Å²) < 4.78 is 13.8.